The molecule has 2 aliphatic heterocycles. The maximum absolute atomic E-state index is 13.4. The summed E-state index contributed by atoms with van der Waals surface area (Å²) in [5.74, 6) is 1.21. The first kappa shape index (κ1) is 36.2. The van der Waals surface area contributed by atoms with Gasteiger partial charge < -0.3 is 24.8 Å². The number of anilines is 6. The van der Waals surface area contributed by atoms with Crippen LogP contribution in [0.2, 0.25) is 0 Å². The fraction of sp³-hybridized carbons (Fsp3) is 0.306. The number of halogens is 1. The number of nitrogens with zero attached hydrogens (tertiary/aromatic N) is 8. The van der Waals surface area contributed by atoms with Crippen molar-refractivity contribution < 1.29 is 18.9 Å². The minimum absolute atomic E-state index is 0.260. The molecule has 2 saturated heterocycles. The van der Waals surface area contributed by atoms with Crippen LogP contribution in [0.15, 0.2) is 65.8 Å². The van der Waals surface area contributed by atoms with E-state index in [0.29, 0.717) is 62.8 Å². The van der Waals surface area contributed by atoms with E-state index in [1.54, 1.807) is 56.3 Å². The van der Waals surface area contributed by atoms with Crippen LogP contribution < -0.4 is 35.8 Å². The second-order valence-corrected chi connectivity index (χ2v) is 17.2. The summed E-state index contributed by atoms with van der Waals surface area (Å²) in [6, 6.07) is 9.26. The topological polar surface area (TPSA) is 171 Å². The van der Waals surface area contributed by atoms with Gasteiger partial charge in [-0.05, 0) is 71.6 Å². The molecule has 2 aliphatic rings. The molecule has 2 fully saturated rings. The summed E-state index contributed by atoms with van der Waals surface area (Å²) < 4.78 is 19.9. The maximum Gasteiger partial charge on any atom is 0.328 e. The van der Waals surface area contributed by atoms with Gasteiger partial charge in [-0.25, -0.2) is 9.78 Å². The second kappa shape index (κ2) is 15.0. The number of aromatic nitrogens is 5. The van der Waals surface area contributed by atoms with Crippen molar-refractivity contribution >= 4 is 85.9 Å². The first-order chi connectivity index (χ1) is 25.5. The van der Waals surface area contributed by atoms with Gasteiger partial charge in [0.15, 0.2) is 0 Å². The van der Waals surface area contributed by atoms with Gasteiger partial charge in [0, 0.05) is 82.2 Å². The zero-order chi connectivity index (χ0) is 37.3. The average Bonchev–Trinajstić information content (AvgIpc) is 3.13. The molecule has 0 saturated carbocycles. The average molecular weight is 801 g/mol. The molecule has 2 aromatic carbocycles. The highest BCUT2D eigenvalue weighted by Gasteiger charge is 2.28. The molecule has 7 rings (SSSR count). The zero-order valence-electron chi connectivity index (χ0n) is 29.8. The van der Waals surface area contributed by atoms with E-state index in [-0.39, 0.29) is 12.3 Å². The summed E-state index contributed by atoms with van der Waals surface area (Å²) in [5, 5.41) is 9.67. The zero-order valence-corrected chi connectivity index (χ0v) is 32.2. The summed E-state index contributed by atoms with van der Waals surface area (Å²) in [6.07, 6.45) is 8.55. The Morgan fingerprint density at radius 1 is 0.925 bits per heavy atom. The van der Waals surface area contributed by atoms with Crippen molar-refractivity contribution in [3.63, 3.8) is 0 Å². The normalized spacial score (nSPS) is 15.4. The Kier molecular flexibility index (Phi) is 10.3. The molecule has 3 N–H and O–H groups in total. The fourth-order valence-electron chi connectivity index (χ4n) is 6.69. The highest BCUT2D eigenvalue weighted by Crippen LogP contribution is 2.41. The van der Waals surface area contributed by atoms with Gasteiger partial charge in [-0.2, -0.15) is 4.98 Å². The quantitative estimate of drug-likeness (QED) is 0.154. The number of pyridine rings is 1. The lowest BCUT2D eigenvalue weighted by atomic mass is 10.1. The molecular formula is C36H39BrN11O4P. The van der Waals surface area contributed by atoms with E-state index in [1.807, 2.05) is 30.3 Å². The molecule has 274 valence electrons. The van der Waals surface area contributed by atoms with Crippen LogP contribution in [0.25, 0.3) is 11.0 Å². The molecule has 0 aliphatic carbocycles. The number of piperazine rings is 1. The number of fused-ring (bicyclic) bond motifs is 1. The summed E-state index contributed by atoms with van der Waals surface area (Å²) in [4.78, 5) is 52.9. The number of urea groups is 1. The van der Waals surface area contributed by atoms with Gasteiger partial charge in [0.1, 0.15) is 24.2 Å². The number of methoxy groups -OCH3 is 1. The predicted octanol–water partition coefficient (Wildman–Crippen LogP) is 5.40. The van der Waals surface area contributed by atoms with E-state index in [1.165, 1.54) is 0 Å². The van der Waals surface area contributed by atoms with Crippen LogP contribution in [0.1, 0.15) is 17.5 Å². The fourth-order valence-corrected chi connectivity index (χ4v) is 8.37. The minimum atomic E-state index is -2.77. The Morgan fingerprint density at radius 3 is 2.47 bits per heavy atom. The Bertz CT molecular complexity index is 2260. The standard InChI is InChI=1S/C36H39BrN11O4P/c1-22-17-27(43-35-41-19-24(37)34(45-35)42-26-6-5-25-32(40-11-10-39-25)33(26)53(3,4)51)30(52-2)18-28(22)47-15-13-46(14-16-47)21-23-7-9-38-20-29(23)48-12-8-31(49)44-36(48)50/h5-7,9-11,17-20H,8,12-16,21H2,1-4H3,(H,44,49,50)(H2,41,42,43,45). The van der Waals surface area contributed by atoms with E-state index in [2.05, 4.69) is 68.5 Å². The molecule has 0 spiro atoms. The van der Waals surface area contributed by atoms with Crippen LogP contribution in [0.3, 0.4) is 0 Å². The van der Waals surface area contributed by atoms with Crippen molar-refractivity contribution in [2.45, 2.75) is 19.9 Å². The molecule has 5 heterocycles. The van der Waals surface area contributed by atoms with Crippen LogP contribution in [-0.4, -0.2) is 94.9 Å². The van der Waals surface area contributed by atoms with Crippen LogP contribution in [-0.2, 0) is 15.9 Å². The number of benzene rings is 2. The van der Waals surface area contributed by atoms with Crippen molar-refractivity contribution in [1.29, 1.82) is 0 Å². The smallest absolute Gasteiger partial charge is 0.328 e. The first-order valence-corrected chi connectivity index (χ1v) is 20.4. The molecule has 17 heteroatoms. The number of hydrogen-bond acceptors (Lipinski definition) is 13. The van der Waals surface area contributed by atoms with Crippen LogP contribution >= 0.6 is 23.1 Å². The lowest BCUT2D eigenvalue weighted by Gasteiger charge is -2.37. The number of carbonyl (C=O) groups excluding carboxylic acids is 2. The van der Waals surface area contributed by atoms with Gasteiger partial charge in [0.05, 0.1) is 45.7 Å². The molecule has 3 aromatic heterocycles. The van der Waals surface area contributed by atoms with Gasteiger partial charge in [0.2, 0.25) is 11.9 Å². The van der Waals surface area contributed by atoms with E-state index in [0.717, 1.165) is 48.7 Å². The number of carbonyl (C=O) groups is 2. The summed E-state index contributed by atoms with van der Waals surface area (Å²) >= 11 is 3.56. The summed E-state index contributed by atoms with van der Waals surface area (Å²) in [6.45, 7) is 9.70. The van der Waals surface area contributed by atoms with E-state index in [4.69, 9.17) is 9.72 Å². The third kappa shape index (κ3) is 7.80. The molecular weight excluding hydrogens is 761 g/mol. The van der Waals surface area contributed by atoms with E-state index in [9.17, 15) is 14.2 Å². The SMILES string of the molecule is COc1cc(N2CCN(Cc3ccncc3N3CCC(=O)NC3=O)CC2)c(C)cc1Nc1ncc(Br)c(Nc2ccc3nccnc3c2P(C)(C)=O)n1. The number of imide groups is 1. The van der Waals surface area contributed by atoms with Crippen molar-refractivity contribution in [3.05, 3.63) is 76.9 Å². The molecule has 0 bridgehead atoms. The molecule has 3 amide bonds. The molecule has 53 heavy (non-hydrogen) atoms. The molecule has 0 atom stereocenters. The van der Waals surface area contributed by atoms with Crippen molar-refractivity contribution in [3.8, 4) is 5.75 Å². The Morgan fingerprint density at radius 2 is 1.72 bits per heavy atom. The molecule has 5 aromatic rings. The largest absolute Gasteiger partial charge is 0.494 e. The number of hydrogen-bond donors (Lipinski definition) is 3. The van der Waals surface area contributed by atoms with Gasteiger partial charge in [-0.15, -0.1) is 0 Å². The van der Waals surface area contributed by atoms with E-state index >= 15 is 0 Å². The monoisotopic (exact) mass is 799 g/mol. The maximum atomic E-state index is 13.4. The molecule has 15 nitrogen and oxygen atoms in total. The Hall–Kier alpha value is -5.18. The van der Waals surface area contributed by atoms with E-state index < -0.39 is 13.2 Å². The molecule has 0 unspecified atom stereocenters. The van der Waals surface area contributed by atoms with Gasteiger partial charge >= 0.3 is 6.03 Å². The van der Waals surface area contributed by atoms with Crippen molar-refractivity contribution in [1.82, 2.24) is 35.1 Å². The number of amides is 3. The minimum Gasteiger partial charge on any atom is -0.494 e. The third-order valence-corrected chi connectivity index (χ3v) is 11.4. The van der Waals surface area contributed by atoms with Crippen LogP contribution in [0.5, 0.6) is 5.75 Å². The summed E-state index contributed by atoms with van der Waals surface area (Å²) in [7, 11) is -1.14. The van der Waals surface area contributed by atoms with Gasteiger partial charge in [-0.3, -0.25) is 34.9 Å². The molecule has 0 radical (unpaired) electrons. The number of ether oxygens (including phenoxy) is 1. The van der Waals surface area contributed by atoms with Crippen LogP contribution in [0, 0.1) is 6.92 Å². The highest BCUT2D eigenvalue weighted by atomic mass is 79.9. The number of aryl methyl sites for hydroxylation is 1. The first-order valence-electron chi connectivity index (χ1n) is 17.0. The van der Waals surface area contributed by atoms with Gasteiger partial charge in [0.25, 0.3) is 0 Å². The van der Waals surface area contributed by atoms with Gasteiger partial charge in [-0.1, -0.05) is 0 Å². The Balaban J connectivity index is 1.05. The Labute approximate surface area is 315 Å². The number of rotatable bonds is 10. The predicted molar refractivity (Wildman–Crippen MR) is 210 cm³/mol. The van der Waals surface area contributed by atoms with Crippen LogP contribution in [0.4, 0.5) is 39.3 Å². The second-order valence-electron chi connectivity index (χ2n) is 13.2. The third-order valence-electron chi connectivity index (χ3n) is 9.25. The lowest BCUT2D eigenvalue weighted by molar-refractivity contribution is -0.120. The lowest BCUT2D eigenvalue weighted by Crippen LogP contribution is -2.50. The summed E-state index contributed by atoms with van der Waals surface area (Å²) in [5.41, 5.74) is 6.43. The number of nitrogens with one attached hydrogen (secondary N) is 3. The van der Waals surface area contributed by atoms with Crippen molar-refractivity contribution in [2.75, 3.05) is 73.6 Å². The van der Waals surface area contributed by atoms with Crippen molar-refractivity contribution in [2.24, 2.45) is 0 Å². The highest BCUT2D eigenvalue weighted by molar-refractivity contribution is 9.10.